The van der Waals surface area contributed by atoms with Crippen molar-refractivity contribution in [3.8, 4) is 0 Å². The van der Waals surface area contributed by atoms with Crippen LogP contribution in [-0.2, 0) is 4.74 Å². The van der Waals surface area contributed by atoms with Gasteiger partial charge in [-0.2, -0.15) is 0 Å². The van der Waals surface area contributed by atoms with E-state index in [9.17, 15) is 4.79 Å². The molecule has 1 amide bonds. The third kappa shape index (κ3) is 1.72. The summed E-state index contributed by atoms with van der Waals surface area (Å²) in [6.45, 7) is 8.83. The molecule has 0 aromatic heterocycles. The summed E-state index contributed by atoms with van der Waals surface area (Å²) in [6, 6.07) is 0.486. The summed E-state index contributed by atoms with van der Waals surface area (Å²) in [6.07, 6.45) is 1.05. The third-order valence-corrected chi connectivity index (χ3v) is 3.05. The van der Waals surface area contributed by atoms with Crippen molar-refractivity contribution in [2.24, 2.45) is 11.8 Å². The van der Waals surface area contributed by atoms with Gasteiger partial charge in [-0.25, -0.2) is 4.79 Å². The number of piperidine rings is 1. The lowest BCUT2D eigenvalue weighted by molar-refractivity contribution is 0.0255. The maximum atomic E-state index is 11.7. The van der Waals surface area contributed by atoms with Gasteiger partial charge in [0.05, 0.1) is 0 Å². The first-order chi connectivity index (χ1) is 6.38. The van der Waals surface area contributed by atoms with Gasteiger partial charge in [0.2, 0.25) is 0 Å². The first kappa shape index (κ1) is 9.81. The van der Waals surface area contributed by atoms with Gasteiger partial charge in [-0.05, 0) is 39.0 Å². The van der Waals surface area contributed by atoms with Crippen LogP contribution in [-0.4, -0.2) is 29.2 Å². The second-order valence-electron chi connectivity index (χ2n) is 5.58. The van der Waals surface area contributed by atoms with Gasteiger partial charge >= 0.3 is 6.09 Å². The topological polar surface area (TPSA) is 29.5 Å². The first-order valence-corrected chi connectivity index (χ1v) is 5.38. The predicted octanol–water partition coefficient (Wildman–Crippen LogP) is 2.26. The molecular weight excluding hydrogens is 178 g/mol. The average Bonchev–Trinajstić information content (AvgIpc) is 2.69. The number of hydrogen-bond donors (Lipinski definition) is 0. The number of fused-ring (bicyclic) bond motifs is 1. The molecule has 1 aliphatic carbocycles. The molecule has 3 heteroatoms. The van der Waals surface area contributed by atoms with Crippen molar-refractivity contribution in [3.63, 3.8) is 0 Å². The van der Waals surface area contributed by atoms with E-state index in [1.165, 1.54) is 6.42 Å². The average molecular weight is 197 g/mol. The standard InChI is InChI=1S/C11H19NO2/c1-7-6-12(9-5-8(7)9)10(13)14-11(2,3)4/h7-9H,5-6H2,1-4H3/t7-,8+,9+/m1/s1. The molecule has 0 spiro atoms. The summed E-state index contributed by atoms with van der Waals surface area (Å²) < 4.78 is 5.35. The van der Waals surface area contributed by atoms with Crippen LogP contribution in [0.15, 0.2) is 0 Å². The second kappa shape index (κ2) is 2.88. The molecule has 14 heavy (non-hydrogen) atoms. The van der Waals surface area contributed by atoms with Crippen molar-refractivity contribution >= 4 is 6.09 Å². The number of carbonyl (C=O) groups is 1. The highest BCUT2D eigenvalue weighted by Gasteiger charge is 2.53. The van der Waals surface area contributed by atoms with Crippen LogP contribution in [0.1, 0.15) is 34.1 Å². The number of carbonyl (C=O) groups excluding carboxylic acids is 1. The Morgan fingerprint density at radius 2 is 2.07 bits per heavy atom. The monoisotopic (exact) mass is 197 g/mol. The van der Waals surface area contributed by atoms with E-state index in [1.54, 1.807) is 0 Å². The Morgan fingerprint density at radius 1 is 1.43 bits per heavy atom. The fourth-order valence-corrected chi connectivity index (χ4v) is 2.28. The Bertz CT molecular complexity index is 257. The van der Waals surface area contributed by atoms with Gasteiger partial charge in [0.1, 0.15) is 5.60 Å². The molecule has 0 unspecified atom stereocenters. The molecular formula is C11H19NO2. The second-order valence-corrected chi connectivity index (χ2v) is 5.58. The normalized spacial score (nSPS) is 35.4. The Hall–Kier alpha value is -0.730. The van der Waals surface area contributed by atoms with E-state index in [1.807, 2.05) is 25.7 Å². The van der Waals surface area contributed by atoms with Crippen LogP contribution >= 0.6 is 0 Å². The molecule has 3 atom stereocenters. The molecule has 0 radical (unpaired) electrons. The van der Waals surface area contributed by atoms with Crippen LogP contribution in [0.25, 0.3) is 0 Å². The number of hydrogen-bond acceptors (Lipinski definition) is 2. The summed E-state index contributed by atoms with van der Waals surface area (Å²) in [5, 5.41) is 0. The number of nitrogens with zero attached hydrogens (tertiary/aromatic N) is 1. The SMILES string of the molecule is C[C@@H]1CN(C(=O)OC(C)(C)C)[C@H]2C[C@@H]12. The van der Waals surface area contributed by atoms with Crippen molar-refractivity contribution < 1.29 is 9.53 Å². The van der Waals surface area contributed by atoms with Gasteiger partial charge in [0, 0.05) is 12.6 Å². The fraction of sp³-hybridized carbons (Fsp3) is 0.909. The van der Waals surface area contributed by atoms with E-state index in [0.29, 0.717) is 12.0 Å². The Morgan fingerprint density at radius 3 is 2.43 bits per heavy atom. The summed E-state index contributed by atoms with van der Waals surface area (Å²) in [7, 11) is 0. The van der Waals surface area contributed by atoms with E-state index >= 15 is 0 Å². The Balaban J connectivity index is 1.93. The van der Waals surface area contributed by atoms with E-state index in [4.69, 9.17) is 4.74 Å². The van der Waals surface area contributed by atoms with Gasteiger partial charge in [-0.1, -0.05) is 6.92 Å². The molecule has 2 fully saturated rings. The minimum Gasteiger partial charge on any atom is -0.444 e. The quantitative estimate of drug-likeness (QED) is 0.596. The maximum Gasteiger partial charge on any atom is 0.410 e. The van der Waals surface area contributed by atoms with Crippen LogP contribution in [0, 0.1) is 11.8 Å². The van der Waals surface area contributed by atoms with Crippen molar-refractivity contribution in [1.82, 2.24) is 4.90 Å². The number of likely N-dealkylation sites (tertiary alicyclic amines) is 1. The minimum absolute atomic E-state index is 0.130. The van der Waals surface area contributed by atoms with Gasteiger partial charge in [-0.15, -0.1) is 0 Å². The first-order valence-electron chi connectivity index (χ1n) is 5.38. The van der Waals surface area contributed by atoms with Gasteiger partial charge < -0.3 is 9.64 Å². The van der Waals surface area contributed by atoms with Crippen LogP contribution in [0.5, 0.6) is 0 Å². The van der Waals surface area contributed by atoms with Crippen molar-refractivity contribution in [3.05, 3.63) is 0 Å². The zero-order valence-electron chi connectivity index (χ0n) is 9.41. The van der Waals surface area contributed by atoms with Crippen LogP contribution in [0.3, 0.4) is 0 Å². The predicted molar refractivity (Wildman–Crippen MR) is 54.0 cm³/mol. The highest BCUT2D eigenvalue weighted by molar-refractivity contribution is 5.69. The van der Waals surface area contributed by atoms with Crippen LogP contribution < -0.4 is 0 Å². The highest BCUT2D eigenvalue weighted by Crippen LogP contribution is 2.48. The molecule has 2 rings (SSSR count). The van der Waals surface area contributed by atoms with Crippen molar-refractivity contribution in [2.45, 2.75) is 45.8 Å². The molecule has 80 valence electrons. The van der Waals surface area contributed by atoms with E-state index in [0.717, 1.165) is 12.5 Å². The zero-order chi connectivity index (χ0) is 10.5. The highest BCUT2D eigenvalue weighted by atomic mass is 16.6. The van der Waals surface area contributed by atoms with Gasteiger partial charge in [-0.3, -0.25) is 0 Å². The Kier molecular flexibility index (Phi) is 2.02. The molecule has 1 aliphatic heterocycles. The summed E-state index contributed by atoms with van der Waals surface area (Å²) in [4.78, 5) is 13.7. The molecule has 0 bridgehead atoms. The van der Waals surface area contributed by atoms with Gasteiger partial charge in [0.15, 0.2) is 0 Å². The Labute approximate surface area is 85.4 Å². The van der Waals surface area contributed by atoms with Crippen molar-refractivity contribution in [2.75, 3.05) is 6.54 Å². The lowest BCUT2D eigenvalue weighted by atomic mass is 10.1. The van der Waals surface area contributed by atoms with Crippen molar-refractivity contribution in [1.29, 1.82) is 0 Å². The molecule has 1 heterocycles. The van der Waals surface area contributed by atoms with Crippen LogP contribution in [0.4, 0.5) is 4.79 Å². The third-order valence-electron chi connectivity index (χ3n) is 3.05. The molecule has 0 aromatic carbocycles. The van der Waals surface area contributed by atoms with Crippen LogP contribution in [0.2, 0.25) is 0 Å². The summed E-state index contributed by atoms with van der Waals surface area (Å²) >= 11 is 0. The lowest BCUT2D eigenvalue weighted by Gasteiger charge is -2.25. The largest absolute Gasteiger partial charge is 0.444 e. The smallest absolute Gasteiger partial charge is 0.410 e. The summed E-state index contributed by atoms with van der Waals surface area (Å²) in [5.41, 5.74) is -0.368. The van der Waals surface area contributed by atoms with E-state index in [2.05, 4.69) is 6.92 Å². The molecule has 3 nitrogen and oxygen atoms in total. The van der Waals surface area contributed by atoms with Gasteiger partial charge in [0.25, 0.3) is 0 Å². The molecule has 2 aliphatic rings. The number of amides is 1. The molecule has 1 saturated heterocycles. The number of ether oxygens (including phenoxy) is 1. The number of rotatable bonds is 0. The summed E-state index contributed by atoms with van der Waals surface area (Å²) in [5.74, 6) is 1.41. The molecule has 0 aromatic rings. The van der Waals surface area contributed by atoms with E-state index in [-0.39, 0.29) is 11.7 Å². The molecule has 1 saturated carbocycles. The van der Waals surface area contributed by atoms with E-state index < -0.39 is 0 Å². The zero-order valence-corrected chi connectivity index (χ0v) is 9.41. The minimum atomic E-state index is -0.368. The fourth-order valence-electron chi connectivity index (χ4n) is 2.28. The maximum absolute atomic E-state index is 11.7. The lowest BCUT2D eigenvalue weighted by Crippen LogP contribution is -2.37. The molecule has 0 N–H and O–H groups in total.